The number of nitrogens with two attached hydrogens (primary N) is 1. The van der Waals surface area contributed by atoms with E-state index in [4.69, 9.17) is 5.73 Å². The minimum Gasteiger partial charge on any atom is -0.370 e. The Kier molecular flexibility index (Phi) is 9.39. The Balaban J connectivity index is 2.86. The Morgan fingerprint density at radius 1 is 1.17 bits per heavy atom. The van der Waals surface area contributed by atoms with E-state index in [1.54, 1.807) is 10.8 Å². The smallest absolute Gasteiger partial charge is 0.217 e. The van der Waals surface area contributed by atoms with Crippen molar-refractivity contribution >= 4 is 28.4 Å². The van der Waals surface area contributed by atoms with Crippen LogP contribution in [0.5, 0.6) is 0 Å². The van der Waals surface area contributed by atoms with Gasteiger partial charge in [0.05, 0.1) is 0 Å². The van der Waals surface area contributed by atoms with Gasteiger partial charge in [0.15, 0.2) is 0 Å². The summed E-state index contributed by atoms with van der Waals surface area (Å²) in [4.78, 5) is 10.3. The second-order valence-corrected chi connectivity index (χ2v) is 4.26. The van der Waals surface area contributed by atoms with Gasteiger partial charge in [-0.05, 0) is 12.8 Å². The summed E-state index contributed by atoms with van der Waals surface area (Å²) < 4.78 is 0. The summed E-state index contributed by atoms with van der Waals surface area (Å²) in [6, 6.07) is 0. The molecule has 0 aromatic heterocycles. The average Bonchev–Trinajstić information content (AvgIpc) is 2.02. The van der Waals surface area contributed by atoms with Crippen LogP contribution in [0.4, 0.5) is 0 Å². The van der Waals surface area contributed by atoms with E-state index in [2.05, 4.69) is 11.7 Å². The third-order valence-electron chi connectivity index (χ3n) is 1.66. The largest absolute Gasteiger partial charge is 0.370 e. The van der Waals surface area contributed by atoms with Crippen LogP contribution in [0.3, 0.4) is 0 Å². The summed E-state index contributed by atoms with van der Waals surface area (Å²) in [6.45, 7) is 0. The Morgan fingerprint density at radius 3 is 2.33 bits per heavy atom. The molecule has 0 aromatic carbocycles. The summed E-state index contributed by atoms with van der Waals surface area (Å²) in [5, 5.41) is 0. The molecular formula is C8H17NOS2. The summed E-state index contributed by atoms with van der Waals surface area (Å²) in [7, 11) is 1.59. The molecule has 0 aliphatic heterocycles. The molecular weight excluding hydrogens is 190 g/mol. The molecule has 2 N–H and O–H groups in total. The molecule has 0 unspecified atom stereocenters. The molecule has 2 nitrogen and oxygen atoms in total. The van der Waals surface area contributed by atoms with Crippen LogP contribution in [0.1, 0.15) is 38.5 Å². The van der Waals surface area contributed by atoms with E-state index in [1.165, 1.54) is 19.3 Å². The minimum absolute atomic E-state index is 0.180. The van der Waals surface area contributed by atoms with Crippen molar-refractivity contribution in [3.63, 3.8) is 0 Å². The molecule has 0 saturated heterocycles. The fourth-order valence-corrected chi connectivity index (χ4v) is 1.72. The number of hydrogen-bond acceptors (Lipinski definition) is 3. The van der Waals surface area contributed by atoms with Gasteiger partial charge in [-0.3, -0.25) is 4.79 Å². The number of rotatable bonds is 8. The lowest BCUT2D eigenvalue weighted by atomic mass is 10.1. The number of carbonyl (C=O) groups is 1. The lowest BCUT2D eigenvalue weighted by Gasteiger charge is -1.98. The lowest BCUT2D eigenvalue weighted by Crippen LogP contribution is -2.09. The first-order valence-corrected chi connectivity index (χ1v) is 6.36. The summed E-state index contributed by atoms with van der Waals surface area (Å²) >= 11 is 4.05. The van der Waals surface area contributed by atoms with Gasteiger partial charge in [-0.1, -0.05) is 30.1 Å². The fourth-order valence-electron chi connectivity index (χ4n) is 0.996. The first-order chi connectivity index (χ1) is 5.77. The van der Waals surface area contributed by atoms with Gasteiger partial charge in [0, 0.05) is 12.2 Å². The molecule has 0 atom stereocenters. The zero-order chi connectivity index (χ0) is 9.23. The van der Waals surface area contributed by atoms with Gasteiger partial charge in [-0.25, -0.2) is 0 Å². The molecule has 0 aliphatic carbocycles. The molecule has 4 heteroatoms. The summed E-state index contributed by atoms with van der Waals surface area (Å²) in [5.74, 6) is 0.944. The van der Waals surface area contributed by atoms with Gasteiger partial charge in [0.2, 0.25) is 5.91 Å². The molecule has 0 bridgehead atoms. The number of primary amides is 1. The van der Waals surface area contributed by atoms with Crippen molar-refractivity contribution in [2.45, 2.75) is 38.5 Å². The lowest BCUT2D eigenvalue weighted by molar-refractivity contribution is -0.118. The van der Waals surface area contributed by atoms with Crippen molar-refractivity contribution in [1.29, 1.82) is 0 Å². The molecule has 0 spiro atoms. The normalized spacial score (nSPS) is 10.1. The molecule has 0 radical (unpaired) electrons. The second kappa shape index (κ2) is 9.26. The third kappa shape index (κ3) is 10.2. The van der Waals surface area contributed by atoms with Gasteiger partial charge in [0.1, 0.15) is 0 Å². The van der Waals surface area contributed by atoms with Crippen LogP contribution in [-0.2, 0) is 4.79 Å². The van der Waals surface area contributed by atoms with E-state index in [-0.39, 0.29) is 5.91 Å². The van der Waals surface area contributed by atoms with Crippen molar-refractivity contribution in [2.24, 2.45) is 5.73 Å². The molecule has 0 fully saturated rings. The minimum atomic E-state index is -0.180. The molecule has 0 rings (SSSR count). The molecule has 0 heterocycles. The number of amides is 1. The van der Waals surface area contributed by atoms with Crippen LogP contribution in [0.15, 0.2) is 0 Å². The van der Waals surface area contributed by atoms with E-state index in [0.29, 0.717) is 6.42 Å². The Hall–Kier alpha value is 0.170. The highest BCUT2D eigenvalue weighted by Crippen LogP contribution is 2.11. The van der Waals surface area contributed by atoms with E-state index in [9.17, 15) is 4.79 Å². The average molecular weight is 207 g/mol. The maximum absolute atomic E-state index is 10.3. The predicted molar refractivity (Wildman–Crippen MR) is 58.3 cm³/mol. The van der Waals surface area contributed by atoms with E-state index < -0.39 is 0 Å². The monoisotopic (exact) mass is 207 g/mol. The topological polar surface area (TPSA) is 43.1 Å². The highest BCUT2D eigenvalue weighted by molar-refractivity contribution is 8.68. The zero-order valence-corrected chi connectivity index (χ0v) is 9.00. The summed E-state index contributed by atoms with van der Waals surface area (Å²) in [6.07, 6.45) is 6.30. The molecule has 0 aromatic rings. The van der Waals surface area contributed by atoms with Gasteiger partial charge < -0.3 is 5.73 Å². The summed E-state index contributed by atoms with van der Waals surface area (Å²) in [5.41, 5.74) is 5.00. The van der Waals surface area contributed by atoms with Crippen LogP contribution in [0, 0.1) is 0 Å². The number of hydrogen-bond donors (Lipinski definition) is 2. The van der Waals surface area contributed by atoms with E-state index >= 15 is 0 Å². The van der Waals surface area contributed by atoms with E-state index in [0.717, 1.165) is 18.6 Å². The zero-order valence-electron chi connectivity index (χ0n) is 7.29. The molecule has 0 aliphatic rings. The molecule has 1 amide bonds. The van der Waals surface area contributed by atoms with Crippen LogP contribution in [0.2, 0.25) is 0 Å². The molecule has 12 heavy (non-hydrogen) atoms. The van der Waals surface area contributed by atoms with Crippen LogP contribution < -0.4 is 5.73 Å². The first-order valence-electron chi connectivity index (χ1n) is 4.32. The Bertz CT molecular complexity index is 120. The van der Waals surface area contributed by atoms with Crippen molar-refractivity contribution in [1.82, 2.24) is 0 Å². The Morgan fingerprint density at radius 2 is 1.75 bits per heavy atom. The maximum Gasteiger partial charge on any atom is 0.217 e. The van der Waals surface area contributed by atoms with Gasteiger partial charge in [-0.2, -0.15) is 0 Å². The third-order valence-corrected chi connectivity index (χ3v) is 2.68. The quantitative estimate of drug-likeness (QED) is 0.364. The Labute approximate surface area is 83.5 Å². The van der Waals surface area contributed by atoms with Crippen LogP contribution >= 0.6 is 22.5 Å². The highest BCUT2D eigenvalue weighted by Gasteiger charge is 1.94. The fraction of sp³-hybridized carbons (Fsp3) is 0.875. The van der Waals surface area contributed by atoms with Crippen molar-refractivity contribution < 1.29 is 4.79 Å². The second-order valence-electron chi connectivity index (χ2n) is 2.82. The van der Waals surface area contributed by atoms with Gasteiger partial charge >= 0.3 is 0 Å². The van der Waals surface area contributed by atoms with Crippen molar-refractivity contribution in [3.8, 4) is 0 Å². The first kappa shape index (κ1) is 12.2. The number of unbranched alkanes of at least 4 members (excludes halogenated alkanes) is 4. The van der Waals surface area contributed by atoms with Crippen molar-refractivity contribution in [3.05, 3.63) is 0 Å². The standard InChI is InChI=1S/C8H17NOS2/c9-8(10)6-4-2-1-3-5-7-12-11/h11H,1-7H2,(H2,9,10). The van der Waals surface area contributed by atoms with Crippen molar-refractivity contribution in [2.75, 3.05) is 5.75 Å². The predicted octanol–water partition coefficient (Wildman–Crippen LogP) is 2.39. The SMILES string of the molecule is NC(=O)CCCCCCCSS. The van der Waals surface area contributed by atoms with Gasteiger partial charge in [-0.15, -0.1) is 11.7 Å². The number of carbonyl (C=O) groups excluding carboxylic acids is 1. The number of thiol groups is 1. The highest BCUT2D eigenvalue weighted by atomic mass is 33.1. The maximum atomic E-state index is 10.3. The van der Waals surface area contributed by atoms with E-state index in [1.807, 2.05) is 0 Å². The molecule has 0 saturated carbocycles. The van der Waals surface area contributed by atoms with Gasteiger partial charge in [0.25, 0.3) is 0 Å². The van der Waals surface area contributed by atoms with Crippen LogP contribution in [-0.4, -0.2) is 11.7 Å². The molecule has 72 valence electrons. The van der Waals surface area contributed by atoms with Crippen LogP contribution in [0.25, 0.3) is 0 Å².